The lowest BCUT2D eigenvalue weighted by Crippen LogP contribution is -2.47. The van der Waals surface area contributed by atoms with E-state index in [0.717, 1.165) is 18.8 Å². The second-order valence-corrected chi connectivity index (χ2v) is 5.52. The lowest BCUT2D eigenvalue weighted by atomic mass is 9.98. The fourth-order valence-electron chi connectivity index (χ4n) is 3.31. The SMILES string of the molecule is N#Cc1cncc(N2CCN3CCCC2CCC3)c1. The summed E-state index contributed by atoms with van der Waals surface area (Å²) in [4.78, 5) is 9.26. The maximum absolute atomic E-state index is 9.02. The Hall–Kier alpha value is -1.60. The highest BCUT2D eigenvalue weighted by atomic mass is 15.2. The van der Waals surface area contributed by atoms with Crippen molar-refractivity contribution in [1.82, 2.24) is 9.88 Å². The summed E-state index contributed by atoms with van der Waals surface area (Å²) in [6, 6.07) is 4.79. The molecule has 1 aromatic rings. The van der Waals surface area contributed by atoms with Gasteiger partial charge in [0, 0.05) is 25.3 Å². The molecule has 0 saturated carbocycles. The number of pyridine rings is 1. The van der Waals surface area contributed by atoms with Crippen LogP contribution >= 0.6 is 0 Å². The van der Waals surface area contributed by atoms with Crippen molar-refractivity contribution < 1.29 is 0 Å². The average molecular weight is 256 g/mol. The minimum Gasteiger partial charge on any atom is -0.366 e. The molecule has 3 fully saturated rings. The Balaban J connectivity index is 1.87. The van der Waals surface area contributed by atoms with Crippen LogP contribution in [0.15, 0.2) is 18.5 Å². The number of anilines is 1. The van der Waals surface area contributed by atoms with Gasteiger partial charge in [-0.2, -0.15) is 5.26 Å². The predicted molar refractivity (Wildman–Crippen MR) is 75.0 cm³/mol. The molecule has 0 radical (unpaired) electrons. The van der Waals surface area contributed by atoms with Gasteiger partial charge in [-0.3, -0.25) is 4.98 Å². The third kappa shape index (κ3) is 2.71. The standard InChI is InChI=1S/C15H20N4/c16-10-13-9-15(12-17-11-13)19-8-7-18-5-1-3-14(19)4-2-6-18/h9,11-12,14H,1-8H2. The molecule has 0 atom stereocenters. The Kier molecular flexibility index (Phi) is 3.65. The van der Waals surface area contributed by atoms with Gasteiger partial charge in [-0.05, 0) is 44.8 Å². The van der Waals surface area contributed by atoms with Crippen LogP contribution < -0.4 is 4.90 Å². The van der Waals surface area contributed by atoms with E-state index >= 15 is 0 Å². The van der Waals surface area contributed by atoms with E-state index in [4.69, 9.17) is 5.26 Å². The molecule has 0 amide bonds. The van der Waals surface area contributed by atoms with Crippen molar-refractivity contribution in [3.8, 4) is 6.07 Å². The summed E-state index contributed by atoms with van der Waals surface area (Å²) in [5, 5.41) is 9.02. The minimum atomic E-state index is 0.623. The summed E-state index contributed by atoms with van der Waals surface area (Å²) in [5.74, 6) is 0. The third-order valence-electron chi connectivity index (χ3n) is 4.31. The van der Waals surface area contributed by atoms with E-state index < -0.39 is 0 Å². The van der Waals surface area contributed by atoms with Crippen LogP contribution in [0.4, 0.5) is 5.69 Å². The van der Waals surface area contributed by atoms with E-state index in [-0.39, 0.29) is 0 Å². The monoisotopic (exact) mass is 256 g/mol. The largest absolute Gasteiger partial charge is 0.366 e. The number of aromatic nitrogens is 1. The van der Waals surface area contributed by atoms with Gasteiger partial charge in [-0.1, -0.05) is 0 Å². The maximum Gasteiger partial charge on any atom is 0.101 e. The molecule has 3 saturated heterocycles. The van der Waals surface area contributed by atoms with Crippen molar-refractivity contribution in [1.29, 1.82) is 5.26 Å². The molecular formula is C15H20N4. The number of fused-ring (bicyclic) bond motifs is 6. The van der Waals surface area contributed by atoms with Gasteiger partial charge in [-0.15, -0.1) is 0 Å². The van der Waals surface area contributed by atoms with Crippen LogP contribution in [-0.4, -0.2) is 42.1 Å². The summed E-state index contributed by atoms with van der Waals surface area (Å²) in [7, 11) is 0. The molecule has 3 aliphatic heterocycles. The fraction of sp³-hybridized carbons (Fsp3) is 0.600. The van der Waals surface area contributed by atoms with Gasteiger partial charge in [0.1, 0.15) is 6.07 Å². The zero-order chi connectivity index (χ0) is 13.1. The van der Waals surface area contributed by atoms with E-state index in [2.05, 4.69) is 20.9 Å². The first-order chi connectivity index (χ1) is 9.36. The summed E-state index contributed by atoms with van der Waals surface area (Å²) in [5.41, 5.74) is 1.78. The van der Waals surface area contributed by atoms with Crippen molar-refractivity contribution >= 4 is 5.69 Å². The molecule has 1 aromatic heterocycles. The molecule has 4 rings (SSSR count). The molecule has 0 aromatic carbocycles. The minimum absolute atomic E-state index is 0.623. The maximum atomic E-state index is 9.02. The predicted octanol–water partition coefficient (Wildman–Crippen LogP) is 2.02. The van der Waals surface area contributed by atoms with Crippen LogP contribution in [-0.2, 0) is 0 Å². The first-order valence-electron chi connectivity index (χ1n) is 7.21. The fourth-order valence-corrected chi connectivity index (χ4v) is 3.31. The summed E-state index contributed by atoms with van der Waals surface area (Å²) in [6.45, 7) is 4.69. The van der Waals surface area contributed by atoms with Gasteiger partial charge >= 0.3 is 0 Å². The van der Waals surface area contributed by atoms with Gasteiger partial charge in [0.15, 0.2) is 0 Å². The molecule has 3 aliphatic rings. The van der Waals surface area contributed by atoms with Gasteiger partial charge in [-0.25, -0.2) is 0 Å². The molecule has 0 spiro atoms. The normalized spacial score (nSPS) is 27.2. The second-order valence-electron chi connectivity index (χ2n) is 5.52. The number of hydrogen-bond acceptors (Lipinski definition) is 4. The zero-order valence-corrected chi connectivity index (χ0v) is 11.3. The van der Waals surface area contributed by atoms with E-state index in [9.17, 15) is 0 Å². The molecule has 100 valence electrons. The van der Waals surface area contributed by atoms with Crippen LogP contribution in [0, 0.1) is 11.3 Å². The average Bonchev–Trinajstić information content (AvgIpc) is 2.37. The van der Waals surface area contributed by atoms with E-state index in [1.807, 2.05) is 12.3 Å². The van der Waals surface area contributed by atoms with Gasteiger partial charge in [0.2, 0.25) is 0 Å². The topological polar surface area (TPSA) is 43.2 Å². The number of hydrogen-bond donors (Lipinski definition) is 0. The molecule has 0 aliphatic carbocycles. The van der Waals surface area contributed by atoms with Gasteiger partial charge < -0.3 is 9.80 Å². The first-order valence-corrected chi connectivity index (χ1v) is 7.21. The number of nitrogens with zero attached hydrogens (tertiary/aromatic N) is 4. The second kappa shape index (κ2) is 5.58. The molecule has 4 heterocycles. The summed E-state index contributed by atoms with van der Waals surface area (Å²) in [6.07, 6.45) is 8.63. The first kappa shape index (κ1) is 12.4. The number of rotatable bonds is 1. The van der Waals surface area contributed by atoms with E-state index in [1.165, 1.54) is 38.8 Å². The Morgan fingerprint density at radius 3 is 2.63 bits per heavy atom. The number of nitriles is 1. The molecule has 4 nitrogen and oxygen atoms in total. The smallest absolute Gasteiger partial charge is 0.101 e. The van der Waals surface area contributed by atoms with E-state index in [0.29, 0.717) is 11.6 Å². The lowest BCUT2D eigenvalue weighted by molar-refractivity contribution is 0.217. The van der Waals surface area contributed by atoms with Crippen LogP contribution in [0.1, 0.15) is 31.2 Å². The molecule has 0 unspecified atom stereocenters. The Morgan fingerprint density at radius 1 is 1.11 bits per heavy atom. The van der Waals surface area contributed by atoms with Gasteiger partial charge in [0.05, 0.1) is 17.4 Å². The van der Waals surface area contributed by atoms with Gasteiger partial charge in [0.25, 0.3) is 0 Å². The van der Waals surface area contributed by atoms with Crippen LogP contribution in [0.3, 0.4) is 0 Å². The van der Waals surface area contributed by atoms with Crippen molar-refractivity contribution in [3.63, 3.8) is 0 Å². The quantitative estimate of drug-likeness (QED) is 0.771. The molecule has 4 heteroatoms. The molecule has 2 bridgehead atoms. The molecule has 0 N–H and O–H groups in total. The van der Waals surface area contributed by atoms with Crippen LogP contribution in [0.25, 0.3) is 0 Å². The third-order valence-corrected chi connectivity index (χ3v) is 4.31. The lowest BCUT2D eigenvalue weighted by Gasteiger charge is -2.41. The molecule has 19 heavy (non-hydrogen) atoms. The summed E-state index contributed by atoms with van der Waals surface area (Å²) >= 11 is 0. The zero-order valence-electron chi connectivity index (χ0n) is 11.3. The van der Waals surface area contributed by atoms with Crippen LogP contribution in [0.5, 0.6) is 0 Å². The highest BCUT2D eigenvalue weighted by Crippen LogP contribution is 2.26. The Morgan fingerprint density at radius 2 is 1.89 bits per heavy atom. The molecular weight excluding hydrogens is 236 g/mol. The summed E-state index contributed by atoms with van der Waals surface area (Å²) < 4.78 is 0. The van der Waals surface area contributed by atoms with E-state index in [1.54, 1.807) is 6.20 Å². The van der Waals surface area contributed by atoms with Crippen molar-refractivity contribution in [2.45, 2.75) is 31.7 Å². The highest BCUT2D eigenvalue weighted by Gasteiger charge is 2.25. The van der Waals surface area contributed by atoms with Crippen molar-refractivity contribution in [3.05, 3.63) is 24.0 Å². The van der Waals surface area contributed by atoms with Crippen LogP contribution in [0.2, 0.25) is 0 Å². The van der Waals surface area contributed by atoms with Crippen molar-refractivity contribution in [2.24, 2.45) is 0 Å². The Bertz CT molecular complexity index is 469. The van der Waals surface area contributed by atoms with Crippen molar-refractivity contribution in [2.75, 3.05) is 31.1 Å². The highest BCUT2D eigenvalue weighted by molar-refractivity contribution is 5.50. The Labute approximate surface area is 114 Å².